The van der Waals surface area contributed by atoms with Crippen molar-refractivity contribution in [3.63, 3.8) is 0 Å². The van der Waals surface area contributed by atoms with Crippen LogP contribution in [-0.2, 0) is 30.2 Å². The number of ether oxygens (including phenoxy) is 2. The number of thiazole rings is 1. The molecule has 3 heterocycles. The molecule has 3 aromatic rings. The van der Waals surface area contributed by atoms with E-state index in [1.165, 1.54) is 11.3 Å². The van der Waals surface area contributed by atoms with Crippen molar-refractivity contribution in [3.8, 4) is 17.1 Å². The second-order valence-corrected chi connectivity index (χ2v) is 19.3. The minimum Gasteiger partial charge on any atom is -0.543 e. The molecule has 1 unspecified atom stereocenters. The SMILES string of the molecule is CC(C)(C)[Si](C)(C)Oc1ccc2c(c1)c(-c1csc(CCOC(=O)NCCCOS(C)(=O)=O)n1)nn2C1CCCCO1. The Balaban J connectivity index is 1.46. The van der Waals surface area contributed by atoms with E-state index < -0.39 is 24.5 Å². The molecule has 0 radical (unpaired) electrons. The number of aromatic nitrogens is 3. The molecule has 0 bridgehead atoms. The number of fused-ring (bicyclic) bond motifs is 1. The monoisotopic (exact) mass is 638 g/mol. The van der Waals surface area contributed by atoms with Gasteiger partial charge in [-0.3, -0.25) is 4.18 Å². The van der Waals surface area contributed by atoms with E-state index in [0.29, 0.717) is 12.8 Å². The quantitative estimate of drug-likeness (QED) is 0.147. The van der Waals surface area contributed by atoms with Crippen LogP contribution in [0.3, 0.4) is 0 Å². The van der Waals surface area contributed by atoms with Gasteiger partial charge in [0.1, 0.15) is 17.1 Å². The molecule has 42 heavy (non-hydrogen) atoms. The maximum absolute atomic E-state index is 12.0. The number of hydrogen-bond acceptors (Lipinski definition) is 10. The lowest BCUT2D eigenvalue weighted by molar-refractivity contribution is -0.0365. The predicted octanol–water partition coefficient (Wildman–Crippen LogP) is 5.88. The van der Waals surface area contributed by atoms with E-state index in [-0.39, 0.29) is 31.0 Å². The topological polar surface area (TPSA) is 131 Å². The summed E-state index contributed by atoms with van der Waals surface area (Å²) in [4.78, 5) is 16.8. The number of carbonyl (C=O) groups is 1. The smallest absolute Gasteiger partial charge is 0.407 e. The molecule has 1 aliphatic rings. The molecular weight excluding hydrogens is 597 g/mol. The summed E-state index contributed by atoms with van der Waals surface area (Å²) < 4.78 is 46.5. The standard InChI is InChI=1S/C28H42N4O7S2Si/c1-28(2,3)42(5,6)39-20-11-12-23-21(18-20)26(31-32(23)25-10-7-8-15-36-25)22-19-40-24(30-22)13-17-37-27(33)29-14-9-16-38-41(4,34)35/h11-12,18-19,25H,7-10,13-17H2,1-6H3,(H,29,33). The molecule has 1 amide bonds. The molecule has 1 fully saturated rings. The second kappa shape index (κ2) is 13.4. The zero-order valence-corrected chi connectivity index (χ0v) is 27.9. The number of nitrogens with one attached hydrogen (secondary N) is 1. The molecule has 0 aliphatic carbocycles. The van der Waals surface area contributed by atoms with Gasteiger partial charge in [-0.25, -0.2) is 14.5 Å². The Bertz CT molecular complexity index is 1470. The Morgan fingerprint density at radius 1 is 1.24 bits per heavy atom. The lowest BCUT2D eigenvalue weighted by Crippen LogP contribution is -2.43. The minimum absolute atomic E-state index is 0.00221. The fourth-order valence-electron chi connectivity index (χ4n) is 4.25. The maximum Gasteiger partial charge on any atom is 0.407 e. The van der Waals surface area contributed by atoms with Crippen molar-refractivity contribution in [2.75, 3.05) is 32.6 Å². The van der Waals surface area contributed by atoms with Gasteiger partial charge in [-0.1, -0.05) is 20.8 Å². The molecule has 1 saturated heterocycles. The van der Waals surface area contributed by atoms with Gasteiger partial charge in [0, 0.05) is 30.3 Å². The largest absolute Gasteiger partial charge is 0.543 e. The Labute approximate surface area is 253 Å². The van der Waals surface area contributed by atoms with Crippen LogP contribution in [0.25, 0.3) is 22.3 Å². The van der Waals surface area contributed by atoms with E-state index in [0.717, 1.165) is 65.2 Å². The van der Waals surface area contributed by atoms with Crippen LogP contribution in [0.15, 0.2) is 23.6 Å². The average Bonchev–Trinajstić information content (AvgIpc) is 3.52. The zero-order chi connectivity index (χ0) is 30.5. The van der Waals surface area contributed by atoms with Crippen LogP contribution in [0.5, 0.6) is 5.75 Å². The Hall–Kier alpha value is -2.52. The summed E-state index contributed by atoms with van der Waals surface area (Å²) in [6, 6.07) is 6.17. The molecule has 1 N–H and O–H groups in total. The van der Waals surface area contributed by atoms with Crippen molar-refractivity contribution in [2.45, 2.75) is 77.2 Å². The van der Waals surface area contributed by atoms with Crippen molar-refractivity contribution in [3.05, 3.63) is 28.6 Å². The summed E-state index contributed by atoms with van der Waals surface area (Å²) in [5.74, 6) is 0.831. The van der Waals surface area contributed by atoms with Gasteiger partial charge < -0.3 is 19.2 Å². The van der Waals surface area contributed by atoms with E-state index in [1.54, 1.807) is 0 Å². The molecule has 1 aromatic carbocycles. The highest BCUT2D eigenvalue weighted by atomic mass is 32.2. The van der Waals surface area contributed by atoms with Crippen LogP contribution < -0.4 is 9.74 Å². The van der Waals surface area contributed by atoms with Gasteiger partial charge >= 0.3 is 6.09 Å². The van der Waals surface area contributed by atoms with Crippen LogP contribution in [-0.4, -0.2) is 70.2 Å². The van der Waals surface area contributed by atoms with Crippen LogP contribution in [0.1, 0.15) is 57.7 Å². The van der Waals surface area contributed by atoms with E-state index in [4.69, 9.17) is 24.0 Å². The van der Waals surface area contributed by atoms with Crippen molar-refractivity contribution in [1.82, 2.24) is 20.1 Å². The lowest BCUT2D eigenvalue weighted by Gasteiger charge is -2.36. The molecule has 11 nitrogen and oxygen atoms in total. The summed E-state index contributed by atoms with van der Waals surface area (Å²) in [7, 11) is -5.52. The number of rotatable bonds is 12. The van der Waals surface area contributed by atoms with Gasteiger partial charge in [-0.2, -0.15) is 13.5 Å². The van der Waals surface area contributed by atoms with Crippen LogP contribution in [0.4, 0.5) is 4.79 Å². The van der Waals surface area contributed by atoms with Gasteiger partial charge in [0.2, 0.25) is 8.32 Å². The number of amides is 1. The molecule has 2 aromatic heterocycles. The third-order valence-electron chi connectivity index (χ3n) is 7.52. The number of hydrogen-bond donors (Lipinski definition) is 1. The zero-order valence-electron chi connectivity index (χ0n) is 25.3. The van der Waals surface area contributed by atoms with E-state index >= 15 is 0 Å². The van der Waals surface area contributed by atoms with Crippen molar-refractivity contribution < 1.29 is 31.3 Å². The van der Waals surface area contributed by atoms with Crippen molar-refractivity contribution in [2.24, 2.45) is 0 Å². The first kappa shape index (κ1) is 32.4. The highest BCUT2D eigenvalue weighted by Crippen LogP contribution is 2.40. The summed E-state index contributed by atoms with van der Waals surface area (Å²) in [5, 5.41) is 11.4. The number of carbonyl (C=O) groups excluding carboxylic acids is 1. The third kappa shape index (κ3) is 8.53. The van der Waals surface area contributed by atoms with Gasteiger partial charge in [-0.05, 0) is 62.0 Å². The minimum atomic E-state index is -3.49. The fraction of sp³-hybridized carbons (Fsp3) is 0.607. The predicted molar refractivity (Wildman–Crippen MR) is 166 cm³/mol. The summed E-state index contributed by atoms with van der Waals surface area (Å²) in [5.41, 5.74) is 2.52. The molecule has 0 saturated carbocycles. The van der Waals surface area contributed by atoms with Crippen molar-refractivity contribution >= 4 is 46.8 Å². The third-order valence-corrected chi connectivity index (χ3v) is 13.4. The fourth-order valence-corrected chi connectivity index (χ4v) is 6.45. The van der Waals surface area contributed by atoms with E-state index in [2.05, 4.69) is 55.5 Å². The van der Waals surface area contributed by atoms with Gasteiger partial charge in [0.05, 0.1) is 30.0 Å². The highest BCUT2D eigenvalue weighted by Gasteiger charge is 2.39. The Morgan fingerprint density at radius 2 is 2.02 bits per heavy atom. The number of nitrogens with zero attached hydrogens (tertiary/aromatic N) is 3. The normalized spacial score (nSPS) is 16.5. The molecule has 1 aliphatic heterocycles. The molecule has 232 valence electrons. The van der Waals surface area contributed by atoms with E-state index in [9.17, 15) is 13.2 Å². The van der Waals surface area contributed by atoms with Crippen molar-refractivity contribution in [1.29, 1.82) is 0 Å². The summed E-state index contributed by atoms with van der Waals surface area (Å²) >= 11 is 1.49. The van der Waals surface area contributed by atoms with Gasteiger partial charge in [0.25, 0.3) is 10.1 Å². The van der Waals surface area contributed by atoms with Crippen LogP contribution in [0, 0.1) is 0 Å². The van der Waals surface area contributed by atoms with Gasteiger partial charge in [-0.15, -0.1) is 11.3 Å². The Morgan fingerprint density at radius 3 is 2.71 bits per heavy atom. The first-order chi connectivity index (χ1) is 19.7. The molecule has 14 heteroatoms. The summed E-state index contributed by atoms with van der Waals surface area (Å²) in [6.07, 6.45) is 4.16. The van der Waals surface area contributed by atoms with Crippen LogP contribution >= 0.6 is 11.3 Å². The lowest BCUT2D eigenvalue weighted by atomic mass is 10.1. The number of benzene rings is 1. The maximum atomic E-state index is 12.0. The highest BCUT2D eigenvalue weighted by molar-refractivity contribution is 7.85. The first-order valence-electron chi connectivity index (χ1n) is 14.3. The second-order valence-electron chi connectivity index (χ2n) is 12.0. The molecular formula is C28H42N4O7S2Si. The molecule has 4 rings (SSSR count). The number of alkyl carbamates (subject to hydrolysis) is 1. The summed E-state index contributed by atoms with van der Waals surface area (Å²) in [6.45, 7) is 12.3. The molecule has 1 atom stereocenters. The first-order valence-corrected chi connectivity index (χ1v) is 19.9. The van der Waals surface area contributed by atoms with E-state index in [1.807, 2.05) is 16.1 Å². The average molecular weight is 639 g/mol. The Kier molecular flexibility index (Phi) is 10.3. The van der Waals surface area contributed by atoms with Crippen LogP contribution in [0.2, 0.25) is 18.1 Å². The van der Waals surface area contributed by atoms with Gasteiger partial charge in [0.15, 0.2) is 6.23 Å². The molecule has 0 spiro atoms.